The van der Waals surface area contributed by atoms with Crippen molar-refractivity contribution < 1.29 is 0 Å². The van der Waals surface area contributed by atoms with E-state index in [-0.39, 0.29) is 0 Å². The van der Waals surface area contributed by atoms with Gasteiger partial charge in [-0.15, -0.1) is 0 Å². The third-order valence-electron chi connectivity index (χ3n) is 3.18. The number of allylic oxidation sites excluding steroid dienone is 4. The molecule has 0 saturated carbocycles. The van der Waals surface area contributed by atoms with Crippen molar-refractivity contribution in [1.29, 1.82) is 0 Å². The minimum atomic E-state index is 0.636. The zero-order chi connectivity index (χ0) is 19.4. The molecule has 0 aromatic heterocycles. The van der Waals surface area contributed by atoms with Crippen LogP contribution in [0, 0.1) is 0 Å². The Morgan fingerprint density at radius 1 is 0.846 bits per heavy atom. The molecule has 1 aromatic carbocycles. The van der Waals surface area contributed by atoms with E-state index < -0.39 is 0 Å². The number of aliphatic imine (C=N–C) groups is 2. The van der Waals surface area contributed by atoms with E-state index in [4.69, 9.17) is 0 Å². The lowest BCUT2D eigenvalue weighted by Crippen LogP contribution is -2.07. The first-order valence-electron chi connectivity index (χ1n) is 8.35. The summed E-state index contributed by atoms with van der Waals surface area (Å²) in [6, 6.07) is 13.5. The van der Waals surface area contributed by atoms with Crippen LogP contribution in [-0.2, 0) is 0 Å². The first-order valence-corrected chi connectivity index (χ1v) is 8.35. The van der Waals surface area contributed by atoms with E-state index in [1.165, 1.54) is 0 Å². The molecule has 0 atom stereocenters. The van der Waals surface area contributed by atoms with Crippen molar-refractivity contribution >= 4 is 25.1 Å². The highest BCUT2D eigenvalue weighted by atomic mass is 14.8. The van der Waals surface area contributed by atoms with Gasteiger partial charge in [0.05, 0.1) is 23.3 Å². The van der Waals surface area contributed by atoms with Crippen molar-refractivity contribution in [2.24, 2.45) is 9.98 Å². The molecular formula is C24H26N2. The number of hydrogen-bond donors (Lipinski definition) is 0. The third-order valence-corrected chi connectivity index (χ3v) is 3.18. The van der Waals surface area contributed by atoms with Gasteiger partial charge in [0.1, 0.15) is 0 Å². The van der Waals surface area contributed by atoms with Crippen LogP contribution in [-0.4, -0.2) is 11.9 Å². The molecule has 0 spiro atoms. The van der Waals surface area contributed by atoms with Crippen LogP contribution < -0.4 is 10.4 Å². The Balaban J connectivity index is 3.62. The van der Waals surface area contributed by atoms with Gasteiger partial charge in [-0.2, -0.15) is 0 Å². The topological polar surface area (TPSA) is 24.7 Å². The first kappa shape index (κ1) is 20.8. The second kappa shape index (κ2) is 11.3. The average Bonchev–Trinajstić information content (AvgIpc) is 2.59. The predicted molar refractivity (Wildman–Crippen MR) is 117 cm³/mol. The molecule has 0 amide bonds. The van der Waals surface area contributed by atoms with Gasteiger partial charge in [-0.1, -0.05) is 74.9 Å². The molecule has 2 nitrogen and oxygen atoms in total. The molecule has 0 N–H and O–H groups in total. The van der Waals surface area contributed by atoms with E-state index in [0.717, 1.165) is 16.0 Å². The van der Waals surface area contributed by atoms with Crippen LogP contribution in [0.25, 0.3) is 13.2 Å². The van der Waals surface area contributed by atoms with E-state index in [0.29, 0.717) is 17.1 Å². The monoisotopic (exact) mass is 342 g/mol. The van der Waals surface area contributed by atoms with Crippen LogP contribution in [0.5, 0.6) is 0 Å². The van der Waals surface area contributed by atoms with Gasteiger partial charge >= 0.3 is 0 Å². The quantitative estimate of drug-likeness (QED) is 0.530. The molecule has 0 aliphatic carbocycles. The fraction of sp³-hybridized carbons (Fsp3) is 0.0833. The summed E-state index contributed by atoms with van der Waals surface area (Å²) in [4.78, 5) is 8.98. The van der Waals surface area contributed by atoms with Crippen LogP contribution in [0.15, 0.2) is 101 Å². The molecule has 132 valence electrons. The molecule has 0 saturated heterocycles. The zero-order valence-electron chi connectivity index (χ0n) is 15.7. The molecule has 0 bridgehead atoms. The van der Waals surface area contributed by atoms with Crippen LogP contribution in [0.4, 0.5) is 0 Å². The van der Waals surface area contributed by atoms with E-state index in [2.05, 4.69) is 36.3 Å². The Morgan fingerprint density at radius 3 is 2.12 bits per heavy atom. The van der Waals surface area contributed by atoms with Gasteiger partial charge in [-0.3, -0.25) is 4.99 Å². The van der Waals surface area contributed by atoms with E-state index in [1.54, 1.807) is 6.21 Å². The summed E-state index contributed by atoms with van der Waals surface area (Å²) in [5.74, 6) is 0. The van der Waals surface area contributed by atoms with Crippen LogP contribution in [0.2, 0.25) is 0 Å². The van der Waals surface area contributed by atoms with E-state index >= 15 is 0 Å². The molecule has 0 fully saturated rings. The summed E-state index contributed by atoms with van der Waals surface area (Å²) in [6.45, 7) is 19.8. The lowest BCUT2D eigenvalue weighted by molar-refractivity contribution is 1.41. The molecule has 0 radical (unpaired) electrons. The highest BCUT2D eigenvalue weighted by Gasteiger charge is 2.00. The largest absolute Gasteiger partial charge is 0.255 e. The Bertz CT molecular complexity index is 927. The molecule has 26 heavy (non-hydrogen) atoms. The Morgan fingerprint density at radius 2 is 1.46 bits per heavy atom. The van der Waals surface area contributed by atoms with Gasteiger partial charge in [0.15, 0.2) is 0 Å². The molecule has 0 aliphatic heterocycles. The Kier molecular flexibility index (Phi) is 9.05. The maximum absolute atomic E-state index is 4.60. The molecule has 0 unspecified atom stereocenters. The highest BCUT2D eigenvalue weighted by molar-refractivity contribution is 6.38. The normalized spacial score (nSPS) is 11.8. The van der Waals surface area contributed by atoms with Gasteiger partial charge in [-0.25, -0.2) is 4.99 Å². The average molecular weight is 342 g/mol. The second-order valence-corrected chi connectivity index (χ2v) is 5.54. The van der Waals surface area contributed by atoms with Crippen LogP contribution >= 0.6 is 0 Å². The van der Waals surface area contributed by atoms with Crippen molar-refractivity contribution in [3.63, 3.8) is 0 Å². The third kappa shape index (κ3) is 8.02. The standard InChI is InChI=1S/C24H26N2/c1-7-11-21(5)25-18-24(26-22(6)12-8-2)23-16-15-19(3)13-9-10-14-20(4)17-23/h7-18H,3-6H2,1-2H3/b11-7-,12-8-,13-9?,14-10?,16-15?,23-17?,25-18-,26-24+. The Labute approximate surface area is 156 Å². The number of rotatable bonds is 6. The SMILES string of the molecule is C=C(/C=C\C)/N=C\C(=N/C(=C)/C=C\C)c1ccc(=C)ccccc(=C)c1. The predicted octanol–water partition coefficient (Wildman–Crippen LogP) is 4.67. The summed E-state index contributed by atoms with van der Waals surface area (Å²) in [5.41, 5.74) is 2.81. The van der Waals surface area contributed by atoms with Crippen molar-refractivity contribution in [3.8, 4) is 0 Å². The van der Waals surface area contributed by atoms with Gasteiger partial charge in [-0.05, 0) is 42.5 Å². The Hall–Kier alpha value is -3.26. The second-order valence-electron chi connectivity index (χ2n) is 5.54. The molecule has 1 rings (SSSR count). The van der Waals surface area contributed by atoms with Gasteiger partial charge in [0.25, 0.3) is 0 Å². The molecule has 1 aromatic rings. The van der Waals surface area contributed by atoms with E-state index in [9.17, 15) is 0 Å². The molecule has 0 heterocycles. The lowest BCUT2D eigenvalue weighted by atomic mass is 10.1. The molecular weight excluding hydrogens is 316 g/mol. The van der Waals surface area contributed by atoms with Gasteiger partial charge in [0.2, 0.25) is 0 Å². The van der Waals surface area contributed by atoms with Crippen molar-refractivity contribution in [3.05, 3.63) is 107 Å². The van der Waals surface area contributed by atoms with Crippen molar-refractivity contribution in [2.75, 3.05) is 0 Å². The zero-order valence-corrected chi connectivity index (χ0v) is 15.7. The van der Waals surface area contributed by atoms with Gasteiger partial charge < -0.3 is 0 Å². The summed E-state index contributed by atoms with van der Waals surface area (Å²) in [7, 11) is 0. The smallest absolute Gasteiger partial charge is 0.0892 e. The lowest BCUT2D eigenvalue weighted by Gasteiger charge is -2.01. The van der Waals surface area contributed by atoms with Crippen molar-refractivity contribution in [2.45, 2.75) is 13.8 Å². The van der Waals surface area contributed by atoms with Crippen molar-refractivity contribution in [1.82, 2.24) is 0 Å². The number of hydrogen-bond acceptors (Lipinski definition) is 2. The maximum atomic E-state index is 4.60. The fourth-order valence-corrected chi connectivity index (χ4v) is 2.00. The first-order chi connectivity index (χ1) is 12.5. The summed E-state index contributed by atoms with van der Waals surface area (Å²) in [5, 5.41) is 1.74. The minimum absolute atomic E-state index is 0.636. The van der Waals surface area contributed by atoms with Gasteiger partial charge in [0, 0.05) is 5.56 Å². The summed E-state index contributed by atoms with van der Waals surface area (Å²) < 4.78 is 0. The maximum Gasteiger partial charge on any atom is 0.0892 e. The fourth-order valence-electron chi connectivity index (χ4n) is 2.00. The van der Waals surface area contributed by atoms with Crippen LogP contribution in [0.1, 0.15) is 19.4 Å². The minimum Gasteiger partial charge on any atom is -0.255 e. The molecule has 0 aliphatic rings. The van der Waals surface area contributed by atoms with E-state index in [1.807, 2.05) is 80.6 Å². The highest BCUT2D eigenvalue weighted by Crippen LogP contribution is 2.03. The molecule has 2 heteroatoms. The number of nitrogens with zero attached hydrogens (tertiary/aromatic N) is 2. The van der Waals surface area contributed by atoms with Crippen LogP contribution in [0.3, 0.4) is 0 Å². The summed E-state index contributed by atoms with van der Waals surface area (Å²) in [6.07, 6.45) is 9.15. The summed E-state index contributed by atoms with van der Waals surface area (Å²) >= 11 is 0.